The van der Waals surface area contributed by atoms with Gasteiger partial charge in [-0.2, -0.15) is 0 Å². The third-order valence-electron chi connectivity index (χ3n) is 2.49. The Labute approximate surface area is 117 Å². The Balaban J connectivity index is 1.96. The van der Waals surface area contributed by atoms with Crippen LogP contribution < -0.4 is 4.72 Å². The van der Waals surface area contributed by atoms with Crippen LogP contribution in [0.25, 0.3) is 11.0 Å². The van der Waals surface area contributed by atoms with E-state index in [0.717, 1.165) is 17.3 Å². The predicted octanol–water partition coefficient (Wildman–Crippen LogP) is 0.0269. The van der Waals surface area contributed by atoms with E-state index in [1.165, 1.54) is 0 Å². The standard InChI is InChI=1S/C11H15N3O4S2/c1-19(15,16)8-20(17,18)12-7-6-11-13-9-4-2-3-5-10(9)14-11/h2-5,12H,6-8H2,1H3,(H,13,14). The molecule has 2 aromatic rings. The number of rotatable bonds is 6. The minimum atomic E-state index is -3.82. The highest BCUT2D eigenvalue weighted by Gasteiger charge is 2.17. The first-order valence-electron chi connectivity index (χ1n) is 5.84. The first kappa shape index (κ1) is 14.9. The average molecular weight is 317 g/mol. The van der Waals surface area contributed by atoms with E-state index in [9.17, 15) is 16.8 Å². The molecule has 0 fully saturated rings. The normalized spacial score (nSPS) is 12.8. The molecule has 0 atom stereocenters. The molecule has 110 valence electrons. The summed E-state index contributed by atoms with van der Waals surface area (Å²) in [5.74, 6) is 0.647. The molecule has 1 aromatic carbocycles. The number of hydrogen-bond acceptors (Lipinski definition) is 5. The zero-order valence-corrected chi connectivity index (χ0v) is 12.5. The van der Waals surface area contributed by atoms with Crippen molar-refractivity contribution in [3.8, 4) is 0 Å². The highest BCUT2D eigenvalue weighted by atomic mass is 32.3. The van der Waals surface area contributed by atoms with Gasteiger partial charge in [-0.1, -0.05) is 12.1 Å². The summed E-state index contributed by atoms with van der Waals surface area (Å²) >= 11 is 0. The van der Waals surface area contributed by atoms with Crippen LogP contribution in [0.3, 0.4) is 0 Å². The van der Waals surface area contributed by atoms with Crippen molar-refractivity contribution in [1.29, 1.82) is 0 Å². The lowest BCUT2D eigenvalue weighted by atomic mass is 10.3. The van der Waals surface area contributed by atoms with Gasteiger partial charge in [0, 0.05) is 19.2 Å². The predicted molar refractivity (Wildman–Crippen MR) is 76.4 cm³/mol. The van der Waals surface area contributed by atoms with Crippen molar-refractivity contribution in [3.63, 3.8) is 0 Å². The molecule has 1 aromatic heterocycles. The summed E-state index contributed by atoms with van der Waals surface area (Å²) in [5.41, 5.74) is 1.68. The van der Waals surface area contributed by atoms with Crippen LogP contribution in [0.5, 0.6) is 0 Å². The summed E-state index contributed by atoms with van der Waals surface area (Å²) in [4.78, 5) is 7.36. The number of sulfonamides is 1. The molecule has 0 amide bonds. The molecule has 0 bridgehead atoms. The van der Waals surface area contributed by atoms with Gasteiger partial charge in [0.2, 0.25) is 10.0 Å². The summed E-state index contributed by atoms with van der Waals surface area (Å²) in [5, 5.41) is -0.903. The van der Waals surface area contributed by atoms with Crippen LogP contribution in [0.4, 0.5) is 0 Å². The zero-order chi connectivity index (χ0) is 14.8. The summed E-state index contributed by atoms with van der Waals surface area (Å²) in [6, 6.07) is 7.46. The van der Waals surface area contributed by atoms with Gasteiger partial charge in [-0.05, 0) is 12.1 Å². The molecule has 0 saturated carbocycles. The number of benzene rings is 1. The van der Waals surface area contributed by atoms with Crippen molar-refractivity contribution in [2.24, 2.45) is 0 Å². The van der Waals surface area contributed by atoms with Gasteiger partial charge in [0.25, 0.3) is 0 Å². The zero-order valence-electron chi connectivity index (χ0n) is 10.8. The molecule has 0 spiro atoms. The second-order valence-electron chi connectivity index (χ2n) is 4.50. The second kappa shape index (κ2) is 5.51. The highest BCUT2D eigenvalue weighted by Crippen LogP contribution is 2.10. The Morgan fingerprint density at radius 3 is 2.55 bits per heavy atom. The average Bonchev–Trinajstić information content (AvgIpc) is 2.67. The number of imidazole rings is 1. The maximum atomic E-state index is 11.5. The van der Waals surface area contributed by atoms with Crippen molar-refractivity contribution >= 4 is 30.9 Å². The third-order valence-corrected chi connectivity index (χ3v) is 6.09. The topological polar surface area (TPSA) is 109 Å². The van der Waals surface area contributed by atoms with Crippen LogP contribution in [-0.2, 0) is 26.3 Å². The number of aromatic nitrogens is 2. The molecule has 2 N–H and O–H groups in total. The van der Waals surface area contributed by atoms with Gasteiger partial charge in [0.1, 0.15) is 5.82 Å². The van der Waals surface area contributed by atoms with E-state index in [-0.39, 0.29) is 6.54 Å². The Morgan fingerprint density at radius 2 is 1.90 bits per heavy atom. The number of fused-ring (bicyclic) bond motifs is 1. The molecule has 20 heavy (non-hydrogen) atoms. The van der Waals surface area contributed by atoms with E-state index in [4.69, 9.17) is 0 Å². The van der Waals surface area contributed by atoms with Crippen molar-refractivity contribution < 1.29 is 16.8 Å². The number of para-hydroxylation sites is 2. The fourth-order valence-corrected chi connectivity index (χ4v) is 4.77. The molecule has 9 heteroatoms. The van der Waals surface area contributed by atoms with Crippen LogP contribution in [0.15, 0.2) is 24.3 Å². The summed E-state index contributed by atoms with van der Waals surface area (Å²) < 4.78 is 47.1. The largest absolute Gasteiger partial charge is 0.342 e. The maximum absolute atomic E-state index is 11.5. The van der Waals surface area contributed by atoms with Crippen LogP contribution in [0.2, 0.25) is 0 Å². The number of hydrogen-bond donors (Lipinski definition) is 2. The smallest absolute Gasteiger partial charge is 0.226 e. The lowest BCUT2D eigenvalue weighted by Gasteiger charge is -2.04. The number of sulfone groups is 1. The fraction of sp³-hybridized carbons (Fsp3) is 0.364. The number of H-pyrrole nitrogens is 1. The highest BCUT2D eigenvalue weighted by molar-refractivity contribution is 8.06. The van der Waals surface area contributed by atoms with Gasteiger partial charge in [0.05, 0.1) is 11.0 Å². The van der Waals surface area contributed by atoms with E-state index in [2.05, 4.69) is 14.7 Å². The van der Waals surface area contributed by atoms with Crippen LogP contribution >= 0.6 is 0 Å². The molecular weight excluding hydrogens is 302 g/mol. The number of nitrogens with zero attached hydrogens (tertiary/aromatic N) is 1. The molecule has 0 aliphatic heterocycles. The third kappa shape index (κ3) is 4.29. The summed E-state index contributed by atoms with van der Waals surface area (Å²) in [6.07, 6.45) is 1.24. The first-order valence-corrected chi connectivity index (χ1v) is 9.55. The molecule has 0 saturated heterocycles. The lowest BCUT2D eigenvalue weighted by Crippen LogP contribution is -2.31. The molecule has 2 rings (SSSR count). The molecular formula is C11H15N3O4S2. The molecule has 1 heterocycles. The minimum Gasteiger partial charge on any atom is -0.342 e. The van der Waals surface area contributed by atoms with Gasteiger partial charge >= 0.3 is 0 Å². The number of nitrogens with one attached hydrogen (secondary N) is 2. The van der Waals surface area contributed by atoms with Crippen LogP contribution in [0, 0.1) is 0 Å². The SMILES string of the molecule is CS(=O)(=O)CS(=O)(=O)NCCc1nc2ccccc2[nH]1. The van der Waals surface area contributed by atoms with Crippen molar-refractivity contribution in [2.45, 2.75) is 6.42 Å². The number of aromatic amines is 1. The summed E-state index contributed by atoms with van der Waals surface area (Å²) in [7, 11) is -7.39. The van der Waals surface area contributed by atoms with E-state index in [1.54, 1.807) is 0 Å². The van der Waals surface area contributed by atoms with Gasteiger partial charge in [-0.25, -0.2) is 26.5 Å². The quantitative estimate of drug-likeness (QED) is 0.781. The Kier molecular flexibility index (Phi) is 4.11. The van der Waals surface area contributed by atoms with E-state index in [0.29, 0.717) is 12.2 Å². The van der Waals surface area contributed by atoms with Crippen LogP contribution in [-0.4, -0.2) is 44.7 Å². The van der Waals surface area contributed by atoms with E-state index < -0.39 is 24.9 Å². The lowest BCUT2D eigenvalue weighted by molar-refractivity contribution is 0.580. The van der Waals surface area contributed by atoms with Gasteiger partial charge < -0.3 is 4.98 Å². The van der Waals surface area contributed by atoms with Gasteiger partial charge in [-0.3, -0.25) is 0 Å². The minimum absolute atomic E-state index is 0.0949. The summed E-state index contributed by atoms with van der Waals surface area (Å²) in [6.45, 7) is 0.0949. The Morgan fingerprint density at radius 1 is 1.20 bits per heavy atom. The molecule has 0 aliphatic carbocycles. The maximum Gasteiger partial charge on any atom is 0.226 e. The van der Waals surface area contributed by atoms with Crippen molar-refractivity contribution in [1.82, 2.24) is 14.7 Å². The van der Waals surface area contributed by atoms with Crippen LogP contribution in [0.1, 0.15) is 5.82 Å². The first-order chi connectivity index (χ1) is 9.25. The fourth-order valence-electron chi connectivity index (χ4n) is 1.77. The molecule has 7 nitrogen and oxygen atoms in total. The van der Waals surface area contributed by atoms with Crippen molar-refractivity contribution in [2.75, 3.05) is 17.9 Å². The molecule has 0 aliphatic rings. The Hall–Kier alpha value is -1.45. The van der Waals surface area contributed by atoms with E-state index in [1.807, 2.05) is 24.3 Å². The van der Waals surface area contributed by atoms with Crippen molar-refractivity contribution in [3.05, 3.63) is 30.1 Å². The molecule has 0 unspecified atom stereocenters. The van der Waals surface area contributed by atoms with E-state index >= 15 is 0 Å². The monoisotopic (exact) mass is 317 g/mol. The Bertz CT molecular complexity index is 776. The van der Waals surface area contributed by atoms with Gasteiger partial charge in [0.15, 0.2) is 14.9 Å². The second-order valence-corrected chi connectivity index (χ2v) is 8.82. The molecule has 0 radical (unpaired) electrons. The van der Waals surface area contributed by atoms with Gasteiger partial charge in [-0.15, -0.1) is 0 Å².